The van der Waals surface area contributed by atoms with Crippen LogP contribution in [0.5, 0.6) is 0 Å². The van der Waals surface area contributed by atoms with Crippen LogP contribution in [0.2, 0.25) is 0 Å². The number of esters is 3. The van der Waals surface area contributed by atoms with E-state index in [0.717, 1.165) is 57.8 Å². The van der Waals surface area contributed by atoms with Crippen molar-refractivity contribution in [2.75, 3.05) is 13.2 Å². The van der Waals surface area contributed by atoms with Crippen molar-refractivity contribution in [3.05, 3.63) is 85.1 Å². The molecule has 288 valence electrons. The van der Waals surface area contributed by atoms with Crippen LogP contribution in [0.15, 0.2) is 85.1 Å². The monoisotopic (exact) mass is 709 g/mol. The largest absolute Gasteiger partial charge is 0.462 e. The van der Waals surface area contributed by atoms with E-state index in [-0.39, 0.29) is 37.5 Å². The maximum Gasteiger partial charge on any atom is 0.306 e. The quantitative estimate of drug-likeness (QED) is 0.0218. The van der Waals surface area contributed by atoms with E-state index in [1.807, 2.05) is 48.6 Å². The minimum Gasteiger partial charge on any atom is -0.462 e. The van der Waals surface area contributed by atoms with Crippen molar-refractivity contribution in [1.29, 1.82) is 0 Å². The number of carbonyl (C=O) groups excluding carboxylic acids is 3. The van der Waals surface area contributed by atoms with Crippen LogP contribution in [0.4, 0.5) is 0 Å². The number of hydrogen-bond acceptors (Lipinski definition) is 6. The maximum absolute atomic E-state index is 12.6. The van der Waals surface area contributed by atoms with Gasteiger partial charge in [-0.3, -0.25) is 14.4 Å². The first-order valence-electron chi connectivity index (χ1n) is 20.2. The number of ether oxygens (including phenoxy) is 3. The highest BCUT2D eigenvalue weighted by Crippen LogP contribution is 2.10. The molecular formula is C45H72O6. The third-order valence-corrected chi connectivity index (χ3v) is 7.98. The van der Waals surface area contributed by atoms with Crippen LogP contribution >= 0.6 is 0 Å². The molecule has 0 rings (SSSR count). The summed E-state index contributed by atoms with van der Waals surface area (Å²) in [5.41, 5.74) is 0. The van der Waals surface area contributed by atoms with Crippen LogP contribution in [0.1, 0.15) is 162 Å². The molecule has 0 aromatic heterocycles. The Hall–Kier alpha value is -3.41. The van der Waals surface area contributed by atoms with Gasteiger partial charge in [0.2, 0.25) is 0 Å². The molecule has 0 heterocycles. The molecule has 0 N–H and O–H groups in total. The van der Waals surface area contributed by atoms with Gasteiger partial charge in [-0.2, -0.15) is 0 Å². The van der Waals surface area contributed by atoms with Crippen molar-refractivity contribution < 1.29 is 28.6 Å². The fourth-order valence-corrected chi connectivity index (χ4v) is 4.94. The minimum atomic E-state index is -0.815. The number of rotatable bonds is 34. The highest BCUT2D eigenvalue weighted by Gasteiger charge is 2.19. The van der Waals surface area contributed by atoms with Gasteiger partial charge in [0.15, 0.2) is 6.10 Å². The maximum atomic E-state index is 12.6. The second-order valence-electron chi connectivity index (χ2n) is 12.9. The Morgan fingerprint density at radius 1 is 0.412 bits per heavy atom. The van der Waals surface area contributed by atoms with Gasteiger partial charge in [-0.25, -0.2) is 0 Å². The Morgan fingerprint density at radius 3 is 1.29 bits per heavy atom. The first-order valence-corrected chi connectivity index (χ1v) is 20.2. The summed E-state index contributed by atoms with van der Waals surface area (Å²) >= 11 is 0. The first kappa shape index (κ1) is 47.6. The zero-order chi connectivity index (χ0) is 37.3. The molecule has 0 fully saturated rings. The second-order valence-corrected chi connectivity index (χ2v) is 12.9. The minimum absolute atomic E-state index is 0.119. The third kappa shape index (κ3) is 37.7. The summed E-state index contributed by atoms with van der Waals surface area (Å²) < 4.78 is 16.5. The lowest BCUT2D eigenvalue weighted by Crippen LogP contribution is -2.30. The molecule has 1 unspecified atom stereocenters. The fraction of sp³-hybridized carbons (Fsp3) is 0.622. The Kier molecular flexibility index (Phi) is 36.7. The summed E-state index contributed by atoms with van der Waals surface area (Å²) in [7, 11) is 0. The van der Waals surface area contributed by atoms with Crippen LogP contribution in [-0.4, -0.2) is 37.2 Å². The molecule has 0 aromatic carbocycles. The van der Waals surface area contributed by atoms with Gasteiger partial charge in [-0.05, 0) is 77.0 Å². The van der Waals surface area contributed by atoms with E-state index >= 15 is 0 Å². The molecule has 0 aromatic rings. The van der Waals surface area contributed by atoms with Gasteiger partial charge in [-0.15, -0.1) is 0 Å². The Bertz CT molecular complexity index is 1040. The average Bonchev–Trinajstić information content (AvgIpc) is 3.12. The normalized spacial score (nSPS) is 12.9. The van der Waals surface area contributed by atoms with Crippen molar-refractivity contribution in [1.82, 2.24) is 0 Å². The summed E-state index contributed by atoms with van der Waals surface area (Å²) in [6.07, 6.45) is 48.7. The Balaban J connectivity index is 4.52. The molecule has 6 nitrogen and oxygen atoms in total. The van der Waals surface area contributed by atoms with E-state index in [1.165, 1.54) is 51.4 Å². The highest BCUT2D eigenvalue weighted by atomic mass is 16.6. The molecule has 0 radical (unpaired) electrons. The fourth-order valence-electron chi connectivity index (χ4n) is 4.94. The van der Waals surface area contributed by atoms with Gasteiger partial charge in [0.05, 0.1) is 0 Å². The molecule has 0 spiro atoms. The van der Waals surface area contributed by atoms with Gasteiger partial charge in [0, 0.05) is 19.3 Å². The summed E-state index contributed by atoms with van der Waals surface area (Å²) in [4.78, 5) is 37.4. The van der Waals surface area contributed by atoms with Crippen molar-refractivity contribution in [3.63, 3.8) is 0 Å². The summed E-state index contributed by atoms with van der Waals surface area (Å²) in [5, 5.41) is 0. The lowest BCUT2D eigenvalue weighted by atomic mass is 10.1. The molecule has 51 heavy (non-hydrogen) atoms. The Labute approximate surface area is 312 Å². The molecule has 1 atom stereocenters. The number of unbranched alkanes of at least 4 members (excludes halogenated alkanes) is 13. The third-order valence-electron chi connectivity index (χ3n) is 7.98. The van der Waals surface area contributed by atoms with E-state index in [1.54, 1.807) is 0 Å². The van der Waals surface area contributed by atoms with Crippen molar-refractivity contribution in [2.24, 2.45) is 0 Å². The van der Waals surface area contributed by atoms with Crippen LogP contribution in [0, 0.1) is 0 Å². The Morgan fingerprint density at radius 2 is 0.804 bits per heavy atom. The zero-order valence-electron chi connectivity index (χ0n) is 32.6. The smallest absolute Gasteiger partial charge is 0.306 e. The van der Waals surface area contributed by atoms with E-state index < -0.39 is 6.10 Å². The number of allylic oxidation sites excluding steroid dienone is 14. The van der Waals surface area contributed by atoms with Gasteiger partial charge >= 0.3 is 17.9 Å². The molecule has 6 heteroatoms. The van der Waals surface area contributed by atoms with E-state index in [4.69, 9.17) is 14.2 Å². The molecule has 0 amide bonds. The predicted octanol–water partition coefficient (Wildman–Crippen LogP) is 12.5. The van der Waals surface area contributed by atoms with Crippen LogP contribution in [0.25, 0.3) is 0 Å². The summed E-state index contributed by atoms with van der Waals surface area (Å²) in [5.74, 6) is -1.04. The molecular weight excluding hydrogens is 636 g/mol. The topological polar surface area (TPSA) is 78.9 Å². The van der Waals surface area contributed by atoms with E-state index in [9.17, 15) is 14.4 Å². The lowest BCUT2D eigenvalue weighted by molar-refractivity contribution is -0.167. The van der Waals surface area contributed by atoms with Crippen molar-refractivity contribution >= 4 is 17.9 Å². The number of hydrogen-bond donors (Lipinski definition) is 0. The van der Waals surface area contributed by atoms with Crippen LogP contribution < -0.4 is 0 Å². The van der Waals surface area contributed by atoms with Crippen LogP contribution in [-0.2, 0) is 28.6 Å². The van der Waals surface area contributed by atoms with Gasteiger partial charge < -0.3 is 14.2 Å². The van der Waals surface area contributed by atoms with E-state index in [0.29, 0.717) is 25.7 Å². The standard InChI is InChI=1S/C45H72O6/c1-4-7-10-13-16-19-20-21-22-23-24-27-29-32-35-38-44(47)50-41-42(51-45(48)39-36-33-30-26-18-15-12-9-6-3)40-49-43(46)37-34-31-28-25-17-14-11-8-5-2/h7,10,13,16,19-26,28,30,42H,4-6,8-9,11-12,14-15,17-18,27,29,31-41H2,1-3H3/b10-7-,16-13-,20-19-,22-21-,24-23-,28-25-,30-26-. The van der Waals surface area contributed by atoms with Crippen molar-refractivity contribution in [3.8, 4) is 0 Å². The highest BCUT2D eigenvalue weighted by molar-refractivity contribution is 5.71. The molecule has 0 aliphatic rings. The molecule has 0 saturated heterocycles. The first-order chi connectivity index (χ1) is 25.0. The summed E-state index contributed by atoms with van der Waals surface area (Å²) in [6.45, 7) is 6.29. The molecule has 0 bridgehead atoms. The van der Waals surface area contributed by atoms with Gasteiger partial charge in [0.25, 0.3) is 0 Å². The average molecular weight is 709 g/mol. The molecule has 0 saturated carbocycles. The molecule has 0 aliphatic carbocycles. The van der Waals surface area contributed by atoms with Crippen molar-refractivity contribution in [2.45, 2.75) is 168 Å². The molecule has 0 aliphatic heterocycles. The zero-order valence-corrected chi connectivity index (χ0v) is 32.6. The lowest BCUT2D eigenvalue weighted by Gasteiger charge is -2.18. The number of carbonyl (C=O) groups is 3. The van der Waals surface area contributed by atoms with Crippen LogP contribution in [0.3, 0.4) is 0 Å². The predicted molar refractivity (Wildman–Crippen MR) is 214 cm³/mol. The summed E-state index contributed by atoms with van der Waals surface area (Å²) in [6, 6.07) is 0. The van der Waals surface area contributed by atoms with Gasteiger partial charge in [-0.1, -0.05) is 151 Å². The SMILES string of the molecule is CC\C=C/C=C\C=C/C=C\C=C/CCCCCC(=O)OCC(COC(=O)CCC/C=C\CCCCCC)OC(=O)CCC/C=C\CCCCCC. The van der Waals surface area contributed by atoms with Gasteiger partial charge in [0.1, 0.15) is 13.2 Å². The van der Waals surface area contributed by atoms with E-state index in [2.05, 4.69) is 57.2 Å². The second kappa shape index (κ2) is 39.4.